The third kappa shape index (κ3) is 10.7. The zero-order chi connectivity index (χ0) is 4.99. The van der Waals surface area contributed by atoms with Gasteiger partial charge in [-0.15, -0.1) is 0 Å². The van der Waals surface area contributed by atoms with Crippen LogP contribution in [-0.4, -0.2) is 11.1 Å². The number of aliphatic carboxylic acids is 1. The van der Waals surface area contributed by atoms with Gasteiger partial charge in [0.1, 0.15) is 0 Å². The third-order valence-corrected chi connectivity index (χ3v) is 0.391. The van der Waals surface area contributed by atoms with Gasteiger partial charge in [-0.25, -0.2) is 0 Å². The van der Waals surface area contributed by atoms with Gasteiger partial charge in [-0.05, 0) is 0 Å². The molecule has 0 heterocycles. The van der Waals surface area contributed by atoms with Crippen LogP contribution >= 0.6 is 0 Å². The van der Waals surface area contributed by atoms with Crippen molar-refractivity contribution >= 4 is 5.97 Å². The van der Waals surface area contributed by atoms with E-state index >= 15 is 0 Å². The fraction of sp³-hybridized carbons (Fsp3) is 0.500. The van der Waals surface area contributed by atoms with Gasteiger partial charge in [0.25, 0.3) is 0 Å². The average Bonchev–Trinajstić information content (AvgIpc) is 1.35. The van der Waals surface area contributed by atoms with Crippen LogP contribution in [0.15, 0.2) is 0 Å². The smallest absolute Gasteiger partial charge is 0.481 e. The van der Waals surface area contributed by atoms with Gasteiger partial charge in [-0.1, -0.05) is 0 Å². The molecule has 0 bridgehead atoms. The average molecular weight is 110 g/mol. The maximum atomic E-state index is 9.56. The molecule has 7 heavy (non-hydrogen) atoms. The van der Waals surface area contributed by atoms with Gasteiger partial charge >= 0.3 is 35.5 Å². The first-order chi connectivity index (χ1) is 2.77. The number of carboxylic acid groups (broad SMARTS) is 1. The Kier molecular flexibility index (Phi) is 9.66. The first-order valence-electron chi connectivity index (χ1n) is 1.78. The van der Waals surface area contributed by atoms with Crippen molar-refractivity contribution in [3.05, 3.63) is 6.92 Å². The first-order valence-corrected chi connectivity index (χ1v) is 1.78. The normalized spacial score (nSPS) is 7.00. The SMILES string of the molecule is [CH2-]CCC(=O)O.[Na+]. The summed E-state index contributed by atoms with van der Waals surface area (Å²) in [7, 11) is 0. The summed E-state index contributed by atoms with van der Waals surface area (Å²) in [6.45, 7) is 3.34. The second-order valence-electron chi connectivity index (χ2n) is 0.997. The fourth-order valence-corrected chi connectivity index (χ4v) is 0.151. The van der Waals surface area contributed by atoms with E-state index in [1.54, 1.807) is 0 Å². The molecule has 0 fully saturated rings. The minimum absolute atomic E-state index is 0. The van der Waals surface area contributed by atoms with Gasteiger partial charge in [0.15, 0.2) is 0 Å². The van der Waals surface area contributed by atoms with Crippen LogP contribution < -0.4 is 29.6 Å². The molecule has 1 N–H and O–H groups in total. The summed E-state index contributed by atoms with van der Waals surface area (Å²) in [5.74, 6) is -0.773. The Morgan fingerprint density at radius 1 is 1.71 bits per heavy atom. The molecule has 36 valence electrons. The van der Waals surface area contributed by atoms with Crippen LogP contribution in [0, 0.1) is 6.92 Å². The molecule has 0 aromatic carbocycles. The van der Waals surface area contributed by atoms with E-state index in [1.807, 2.05) is 0 Å². The summed E-state index contributed by atoms with van der Waals surface area (Å²) in [5.41, 5.74) is 0. The van der Waals surface area contributed by atoms with E-state index in [-0.39, 0.29) is 36.0 Å². The molecule has 0 amide bonds. The van der Waals surface area contributed by atoms with Crippen LogP contribution in [0.2, 0.25) is 0 Å². The molecule has 0 unspecified atom stereocenters. The van der Waals surface area contributed by atoms with Gasteiger partial charge < -0.3 is 12.0 Å². The second-order valence-corrected chi connectivity index (χ2v) is 0.997. The van der Waals surface area contributed by atoms with E-state index in [9.17, 15) is 4.79 Å². The number of hydrogen-bond donors (Lipinski definition) is 1. The number of rotatable bonds is 2. The van der Waals surface area contributed by atoms with Crippen LogP contribution in [-0.2, 0) is 4.79 Å². The number of hydrogen-bond acceptors (Lipinski definition) is 1. The molecule has 0 spiro atoms. The molecule has 0 aliphatic carbocycles. The van der Waals surface area contributed by atoms with E-state index in [2.05, 4.69) is 6.92 Å². The Morgan fingerprint density at radius 3 is 2.14 bits per heavy atom. The molecule has 0 aliphatic rings. The van der Waals surface area contributed by atoms with Crippen molar-refractivity contribution in [2.75, 3.05) is 0 Å². The Labute approximate surface area is 65.2 Å². The molecule has 3 heteroatoms. The van der Waals surface area contributed by atoms with Gasteiger partial charge in [-0.3, -0.25) is 4.79 Å². The van der Waals surface area contributed by atoms with Crippen molar-refractivity contribution in [3.63, 3.8) is 0 Å². The molecule has 2 nitrogen and oxygen atoms in total. The largest absolute Gasteiger partial charge is 1.00 e. The van der Waals surface area contributed by atoms with E-state index in [1.165, 1.54) is 0 Å². The quantitative estimate of drug-likeness (QED) is 0.320. The molecule has 0 rings (SSSR count). The Morgan fingerprint density at radius 2 is 2.14 bits per heavy atom. The standard InChI is InChI=1S/C4H7O2.Na/c1-2-3-4(5)6;/h1-3H2,(H,5,6);/q-1;+1. The molecule has 0 atom stereocenters. The van der Waals surface area contributed by atoms with Crippen LogP contribution in [0.3, 0.4) is 0 Å². The van der Waals surface area contributed by atoms with Crippen molar-refractivity contribution in [2.24, 2.45) is 0 Å². The second kappa shape index (κ2) is 6.47. The van der Waals surface area contributed by atoms with Crippen LogP contribution in [0.1, 0.15) is 12.8 Å². The molecule has 0 aliphatic heterocycles. The predicted molar refractivity (Wildman–Crippen MR) is 22.2 cm³/mol. The summed E-state index contributed by atoms with van der Waals surface area (Å²) in [5, 5.41) is 7.87. The van der Waals surface area contributed by atoms with E-state index < -0.39 is 5.97 Å². The molecular weight excluding hydrogens is 103 g/mol. The van der Waals surface area contributed by atoms with E-state index in [0.717, 1.165) is 0 Å². The monoisotopic (exact) mass is 110 g/mol. The van der Waals surface area contributed by atoms with E-state index in [4.69, 9.17) is 5.11 Å². The van der Waals surface area contributed by atoms with Gasteiger partial charge in [0.05, 0.1) is 0 Å². The topological polar surface area (TPSA) is 37.3 Å². The summed E-state index contributed by atoms with van der Waals surface area (Å²) in [6.07, 6.45) is 0.662. The van der Waals surface area contributed by atoms with Gasteiger partial charge in [0, 0.05) is 6.42 Å². The molecule has 0 aromatic rings. The molecule has 0 radical (unpaired) electrons. The van der Waals surface area contributed by atoms with Crippen molar-refractivity contribution in [2.45, 2.75) is 12.8 Å². The van der Waals surface area contributed by atoms with Crippen molar-refractivity contribution < 1.29 is 39.5 Å². The van der Waals surface area contributed by atoms with Crippen molar-refractivity contribution in [3.8, 4) is 0 Å². The molecule has 0 aromatic heterocycles. The first kappa shape index (κ1) is 10.5. The molecule has 0 saturated heterocycles. The van der Waals surface area contributed by atoms with E-state index in [0.29, 0.717) is 6.42 Å². The third-order valence-electron chi connectivity index (χ3n) is 0.391. The number of carboxylic acids is 1. The Hall–Kier alpha value is 0.470. The summed E-state index contributed by atoms with van der Waals surface area (Å²) < 4.78 is 0. The molecule has 0 saturated carbocycles. The minimum atomic E-state index is -0.773. The summed E-state index contributed by atoms with van der Waals surface area (Å²) >= 11 is 0. The Balaban J connectivity index is 0. The minimum Gasteiger partial charge on any atom is -0.481 e. The zero-order valence-electron chi connectivity index (χ0n) is 4.48. The van der Waals surface area contributed by atoms with Crippen molar-refractivity contribution in [1.82, 2.24) is 0 Å². The van der Waals surface area contributed by atoms with Gasteiger partial charge in [-0.2, -0.15) is 6.42 Å². The zero-order valence-corrected chi connectivity index (χ0v) is 6.48. The van der Waals surface area contributed by atoms with Crippen molar-refractivity contribution in [1.29, 1.82) is 0 Å². The molecular formula is C4H7NaO2. The fourth-order valence-electron chi connectivity index (χ4n) is 0.151. The number of carbonyl (C=O) groups is 1. The van der Waals surface area contributed by atoms with Crippen LogP contribution in [0.25, 0.3) is 0 Å². The predicted octanol–water partition coefficient (Wildman–Crippen LogP) is -2.31. The summed E-state index contributed by atoms with van der Waals surface area (Å²) in [6, 6.07) is 0. The van der Waals surface area contributed by atoms with Gasteiger partial charge in [0.2, 0.25) is 0 Å². The Bertz CT molecular complexity index is 53.7. The maximum absolute atomic E-state index is 9.56. The summed E-state index contributed by atoms with van der Waals surface area (Å²) in [4.78, 5) is 9.56. The maximum Gasteiger partial charge on any atom is 1.00 e. The van der Waals surface area contributed by atoms with Crippen LogP contribution in [0.4, 0.5) is 0 Å². The van der Waals surface area contributed by atoms with Crippen LogP contribution in [0.5, 0.6) is 0 Å².